The van der Waals surface area contributed by atoms with Gasteiger partial charge in [0.05, 0.1) is 22.7 Å². The van der Waals surface area contributed by atoms with Crippen LogP contribution < -0.4 is 14.9 Å². The van der Waals surface area contributed by atoms with E-state index in [0.29, 0.717) is 32.7 Å². The summed E-state index contributed by atoms with van der Waals surface area (Å²) in [5.74, 6) is 0.452. The first kappa shape index (κ1) is 25.9. The smallest absolute Gasteiger partial charge is 0.307 e. The van der Waals surface area contributed by atoms with E-state index in [9.17, 15) is 14.9 Å². The molecule has 0 unspecified atom stereocenters. The zero-order valence-electron chi connectivity index (χ0n) is 18.5. The van der Waals surface area contributed by atoms with Gasteiger partial charge < -0.3 is 13.9 Å². The third-order valence-corrected chi connectivity index (χ3v) is 6.66. The van der Waals surface area contributed by atoms with Gasteiger partial charge in [-0.1, -0.05) is 28.1 Å². The highest BCUT2D eigenvalue weighted by molar-refractivity contribution is 9.11. The Bertz CT molecular complexity index is 1500. The van der Waals surface area contributed by atoms with Gasteiger partial charge in [-0.05, 0) is 67.8 Å². The Hall–Kier alpha value is -3.22. The highest BCUT2D eigenvalue weighted by atomic mass is 79.9. The molecule has 4 rings (SSSR count). The lowest BCUT2D eigenvalue weighted by Gasteiger charge is -2.12. The zero-order chi connectivity index (χ0) is 25.8. The number of nitrogens with one attached hydrogen (secondary N) is 1. The fourth-order valence-electron chi connectivity index (χ4n) is 3.25. The topological polar surface area (TPSA) is 116 Å². The van der Waals surface area contributed by atoms with Crippen molar-refractivity contribution in [1.29, 1.82) is 0 Å². The molecule has 9 nitrogen and oxygen atoms in total. The molecule has 12 heteroatoms. The summed E-state index contributed by atoms with van der Waals surface area (Å²) in [5, 5.41) is 15.8. The zero-order valence-corrected chi connectivity index (χ0v) is 23.2. The number of halogens is 3. The molecule has 1 aromatic heterocycles. The lowest BCUT2D eigenvalue weighted by Crippen LogP contribution is -2.16. The van der Waals surface area contributed by atoms with E-state index < -0.39 is 10.8 Å². The van der Waals surface area contributed by atoms with Gasteiger partial charge in [0, 0.05) is 32.0 Å². The lowest BCUT2D eigenvalue weighted by molar-refractivity contribution is -0.384. The molecule has 0 atom stereocenters. The quantitative estimate of drug-likeness (QED) is 0.122. The van der Waals surface area contributed by atoms with Gasteiger partial charge in [0.25, 0.3) is 5.69 Å². The average Bonchev–Trinajstić information content (AvgIpc) is 3.28. The monoisotopic (exact) mass is 679 g/mol. The summed E-state index contributed by atoms with van der Waals surface area (Å²) in [6.45, 7) is 0.109. The molecule has 1 heterocycles. The Morgan fingerprint density at radius 1 is 1.11 bits per heavy atom. The maximum absolute atomic E-state index is 12.5. The van der Waals surface area contributed by atoms with Gasteiger partial charge >= 0.3 is 5.91 Å². The molecule has 0 bridgehead atoms. The van der Waals surface area contributed by atoms with Crippen molar-refractivity contribution in [3.63, 3.8) is 0 Å². The number of non-ortho nitro benzene ring substituents is 1. The number of fused-ring (bicyclic) bond motifs is 1. The first-order chi connectivity index (χ1) is 17.2. The number of nitro groups is 1. The van der Waals surface area contributed by atoms with Crippen LogP contribution in [0.5, 0.6) is 11.5 Å². The van der Waals surface area contributed by atoms with Crippen molar-refractivity contribution in [2.45, 2.75) is 6.61 Å². The first-order valence-corrected chi connectivity index (χ1v) is 12.6. The number of nitrogens with zero attached hydrogens (tertiary/aromatic N) is 2. The van der Waals surface area contributed by atoms with Crippen LogP contribution in [0.3, 0.4) is 0 Å². The third kappa shape index (κ3) is 5.94. The molecule has 4 aromatic rings. The summed E-state index contributed by atoms with van der Waals surface area (Å²) < 4.78 is 19.1. The van der Waals surface area contributed by atoms with Crippen molar-refractivity contribution >= 4 is 76.6 Å². The van der Waals surface area contributed by atoms with Gasteiger partial charge in [-0.15, -0.1) is 0 Å². The molecular formula is C24H16Br3N3O6. The van der Waals surface area contributed by atoms with Gasteiger partial charge in [0.2, 0.25) is 0 Å². The molecule has 36 heavy (non-hydrogen) atoms. The van der Waals surface area contributed by atoms with E-state index in [1.54, 1.807) is 30.3 Å². The van der Waals surface area contributed by atoms with E-state index in [0.717, 1.165) is 14.3 Å². The van der Waals surface area contributed by atoms with Crippen LogP contribution in [-0.2, 0) is 6.61 Å². The second-order valence-corrected chi connectivity index (χ2v) is 9.98. The molecule has 0 aliphatic heterocycles. The van der Waals surface area contributed by atoms with Crippen LogP contribution in [0, 0.1) is 10.1 Å². The van der Waals surface area contributed by atoms with Crippen LogP contribution in [0.25, 0.3) is 11.0 Å². The molecular weight excluding hydrogens is 666 g/mol. The third-order valence-electron chi connectivity index (χ3n) is 4.93. The number of hydrazone groups is 1. The summed E-state index contributed by atoms with van der Waals surface area (Å²) >= 11 is 10.3. The second kappa shape index (κ2) is 11.2. The number of amides is 1. The maximum Gasteiger partial charge on any atom is 0.307 e. The summed E-state index contributed by atoms with van der Waals surface area (Å²) in [5.41, 5.74) is 4.24. The Labute approximate surface area is 230 Å². The highest BCUT2D eigenvalue weighted by Gasteiger charge is 2.15. The Morgan fingerprint density at radius 3 is 2.67 bits per heavy atom. The number of benzene rings is 3. The average molecular weight is 682 g/mol. The molecule has 1 N–H and O–H groups in total. The van der Waals surface area contributed by atoms with Crippen molar-refractivity contribution in [3.8, 4) is 11.5 Å². The largest absolute Gasteiger partial charge is 0.493 e. The SMILES string of the molecule is COc1cc(/C=N\NC(=O)c2cc3cc(Br)cc(Br)c3o2)c(Br)cc1OCc1cccc([N+](=O)[O-])c1. The number of methoxy groups -OCH3 is 1. The molecule has 0 aliphatic rings. The Morgan fingerprint density at radius 2 is 1.92 bits per heavy atom. The van der Waals surface area contributed by atoms with E-state index in [1.807, 2.05) is 12.1 Å². The summed E-state index contributed by atoms with van der Waals surface area (Å²) in [7, 11) is 1.49. The molecule has 0 aliphatic carbocycles. The molecule has 1 amide bonds. The van der Waals surface area contributed by atoms with E-state index >= 15 is 0 Å². The summed E-state index contributed by atoms with van der Waals surface area (Å²) in [6.07, 6.45) is 1.45. The Balaban J connectivity index is 1.45. The highest BCUT2D eigenvalue weighted by Crippen LogP contribution is 2.34. The molecule has 0 spiro atoms. The molecule has 3 aromatic carbocycles. The fraction of sp³-hybridized carbons (Fsp3) is 0.0833. The van der Waals surface area contributed by atoms with Crippen LogP contribution in [0.15, 0.2) is 77.5 Å². The van der Waals surface area contributed by atoms with Gasteiger partial charge in [-0.25, -0.2) is 5.43 Å². The van der Waals surface area contributed by atoms with Gasteiger partial charge in [-0.3, -0.25) is 14.9 Å². The van der Waals surface area contributed by atoms with Gasteiger partial charge in [0.1, 0.15) is 12.2 Å². The van der Waals surface area contributed by atoms with Gasteiger partial charge in [-0.2, -0.15) is 5.10 Å². The summed E-state index contributed by atoms with van der Waals surface area (Å²) in [4.78, 5) is 23.0. The van der Waals surface area contributed by atoms with E-state index in [1.165, 1.54) is 25.5 Å². The number of carbonyl (C=O) groups is 1. The van der Waals surface area contributed by atoms with E-state index in [2.05, 4.69) is 58.3 Å². The van der Waals surface area contributed by atoms with Gasteiger partial charge in [0.15, 0.2) is 17.3 Å². The second-order valence-electron chi connectivity index (χ2n) is 7.36. The van der Waals surface area contributed by atoms with E-state index in [-0.39, 0.29) is 18.1 Å². The van der Waals surface area contributed by atoms with Crippen LogP contribution in [-0.4, -0.2) is 24.2 Å². The first-order valence-electron chi connectivity index (χ1n) is 10.2. The molecule has 0 fully saturated rings. The predicted octanol–water partition coefficient (Wildman–Crippen LogP) is 6.98. The Kier molecular flexibility index (Phi) is 8.07. The van der Waals surface area contributed by atoms with Crippen LogP contribution in [0.4, 0.5) is 5.69 Å². The number of rotatable bonds is 8. The molecule has 184 valence electrons. The number of carbonyl (C=O) groups excluding carboxylic acids is 1. The van der Waals surface area contributed by atoms with E-state index in [4.69, 9.17) is 13.9 Å². The van der Waals surface area contributed by atoms with Crippen LogP contribution >= 0.6 is 47.8 Å². The molecule has 0 radical (unpaired) electrons. The van der Waals surface area contributed by atoms with Crippen molar-refractivity contribution < 1.29 is 23.6 Å². The van der Waals surface area contributed by atoms with Crippen molar-refractivity contribution in [3.05, 3.63) is 95.0 Å². The molecule has 0 saturated carbocycles. The lowest BCUT2D eigenvalue weighted by atomic mass is 10.2. The van der Waals surface area contributed by atoms with Crippen molar-refractivity contribution in [2.24, 2.45) is 5.10 Å². The number of hydrogen-bond acceptors (Lipinski definition) is 7. The summed E-state index contributed by atoms with van der Waals surface area (Å²) in [6, 6.07) is 14.9. The normalized spacial score (nSPS) is 11.1. The maximum atomic E-state index is 12.5. The predicted molar refractivity (Wildman–Crippen MR) is 145 cm³/mol. The fourth-order valence-corrected chi connectivity index (χ4v) is 5.01. The number of hydrogen-bond donors (Lipinski definition) is 1. The minimum absolute atomic E-state index is 0.0130. The van der Waals surface area contributed by atoms with Crippen molar-refractivity contribution in [1.82, 2.24) is 5.43 Å². The standard InChI is InChI=1S/C24H16Br3N3O6/c1-34-20-8-15(18(26)10-21(20)35-12-13-3-2-4-17(5-13)30(32)33)11-28-29-24(31)22-7-14-6-16(25)9-19(27)23(14)36-22/h2-11H,12H2,1H3,(H,29,31)/b28-11-. The minimum atomic E-state index is -0.509. The number of ether oxygens (including phenoxy) is 2. The van der Waals surface area contributed by atoms with Crippen molar-refractivity contribution in [2.75, 3.05) is 7.11 Å². The number of nitro benzene ring substituents is 1. The van der Waals surface area contributed by atoms with Crippen LogP contribution in [0.2, 0.25) is 0 Å². The minimum Gasteiger partial charge on any atom is -0.493 e. The number of furan rings is 1. The molecule has 0 saturated heterocycles. The van der Waals surface area contributed by atoms with Crippen LogP contribution in [0.1, 0.15) is 21.7 Å².